The van der Waals surface area contributed by atoms with E-state index in [-0.39, 0.29) is 5.91 Å². The zero-order valence-corrected chi connectivity index (χ0v) is 14.3. The molecule has 0 N–H and O–H groups in total. The number of anilines is 1. The van der Waals surface area contributed by atoms with Crippen molar-refractivity contribution in [3.8, 4) is 0 Å². The Hall–Kier alpha value is -2.18. The van der Waals surface area contributed by atoms with Crippen molar-refractivity contribution in [2.45, 2.75) is 13.5 Å². The third kappa shape index (κ3) is 4.21. The van der Waals surface area contributed by atoms with Gasteiger partial charge in [-0.15, -0.1) is 0 Å². The van der Waals surface area contributed by atoms with Gasteiger partial charge in [0.05, 0.1) is 18.8 Å². The van der Waals surface area contributed by atoms with Crippen LogP contribution >= 0.6 is 0 Å². The van der Waals surface area contributed by atoms with Gasteiger partial charge in [-0.05, 0) is 19.1 Å². The maximum atomic E-state index is 12.4. The van der Waals surface area contributed by atoms with E-state index in [9.17, 15) is 4.79 Å². The van der Waals surface area contributed by atoms with Gasteiger partial charge in [0.2, 0.25) is 5.91 Å². The van der Waals surface area contributed by atoms with Gasteiger partial charge in [-0.2, -0.15) is 0 Å². The quantitative estimate of drug-likeness (QED) is 0.837. The highest BCUT2D eigenvalue weighted by molar-refractivity contribution is 5.94. The summed E-state index contributed by atoms with van der Waals surface area (Å²) in [4.78, 5) is 18.7. The van der Waals surface area contributed by atoms with Crippen LogP contribution in [-0.2, 0) is 11.3 Å². The molecule has 0 spiro atoms. The molecule has 0 bridgehead atoms. The van der Waals surface area contributed by atoms with Crippen LogP contribution < -0.4 is 4.90 Å². The summed E-state index contributed by atoms with van der Waals surface area (Å²) in [7, 11) is 1.83. The minimum Gasteiger partial charge on any atom is -0.360 e. The number of rotatable bonds is 5. The van der Waals surface area contributed by atoms with E-state index >= 15 is 0 Å². The molecule has 1 saturated heterocycles. The molecule has 2 aromatic rings. The van der Waals surface area contributed by atoms with E-state index in [1.54, 1.807) is 4.90 Å². The normalized spacial score (nSPS) is 16.2. The number of carbonyl (C=O) groups is 1. The average Bonchev–Trinajstić information content (AvgIpc) is 3.01. The second-order valence-electron chi connectivity index (χ2n) is 6.28. The van der Waals surface area contributed by atoms with Crippen molar-refractivity contribution in [1.29, 1.82) is 0 Å². The summed E-state index contributed by atoms with van der Waals surface area (Å²) < 4.78 is 5.27. The number of aryl methyl sites for hydroxylation is 1. The van der Waals surface area contributed by atoms with Gasteiger partial charge in [-0.25, -0.2) is 0 Å². The highest BCUT2D eigenvalue weighted by Crippen LogP contribution is 2.13. The van der Waals surface area contributed by atoms with Crippen molar-refractivity contribution in [2.24, 2.45) is 0 Å². The molecule has 1 aromatic heterocycles. The van der Waals surface area contributed by atoms with Gasteiger partial charge in [-0.3, -0.25) is 14.6 Å². The molecule has 1 fully saturated rings. The number of likely N-dealkylation sites (N-methyl/N-ethyl adjacent to an activating group) is 1. The second-order valence-corrected chi connectivity index (χ2v) is 6.28. The lowest BCUT2D eigenvalue weighted by Gasteiger charge is -2.34. The Morgan fingerprint density at radius 1 is 1.17 bits per heavy atom. The molecule has 2 heterocycles. The molecular formula is C18H24N4O2. The zero-order valence-electron chi connectivity index (χ0n) is 14.3. The minimum absolute atomic E-state index is 0.125. The summed E-state index contributed by atoms with van der Waals surface area (Å²) >= 11 is 0. The first-order chi connectivity index (χ1) is 11.6. The van der Waals surface area contributed by atoms with Crippen molar-refractivity contribution in [3.05, 3.63) is 47.9 Å². The fourth-order valence-electron chi connectivity index (χ4n) is 2.91. The van der Waals surface area contributed by atoms with E-state index in [4.69, 9.17) is 4.52 Å². The number of hydrogen-bond acceptors (Lipinski definition) is 5. The number of carbonyl (C=O) groups excluding carboxylic acids is 1. The van der Waals surface area contributed by atoms with Crippen LogP contribution in [0.4, 0.5) is 5.69 Å². The number of amides is 1. The molecule has 6 nitrogen and oxygen atoms in total. The Bertz CT molecular complexity index is 663. The SMILES string of the molecule is Cc1cc(CN2CCN(CC(=O)N(C)c3ccccc3)CC2)on1. The number of piperazine rings is 1. The summed E-state index contributed by atoms with van der Waals surface area (Å²) in [5.41, 5.74) is 1.85. The number of benzene rings is 1. The van der Waals surface area contributed by atoms with Crippen LogP contribution in [0, 0.1) is 6.92 Å². The molecule has 24 heavy (non-hydrogen) atoms. The first-order valence-electron chi connectivity index (χ1n) is 8.30. The van der Waals surface area contributed by atoms with Crippen LogP contribution in [0.3, 0.4) is 0 Å². The van der Waals surface area contributed by atoms with Crippen LogP contribution in [0.25, 0.3) is 0 Å². The summed E-state index contributed by atoms with van der Waals surface area (Å²) in [6.07, 6.45) is 0. The van der Waals surface area contributed by atoms with Crippen LogP contribution in [0.15, 0.2) is 40.9 Å². The Labute approximate surface area is 142 Å². The third-order valence-corrected chi connectivity index (χ3v) is 4.40. The van der Waals surface area contributed by atoms with Gasteiger partial charge in [0.15, 0.2) is 5.76 Å². The Kier molecular flexibility index (Phi) is 5.27. The average molecular weight is 328 g/mol. The molecule has 0 aliphatic carbocycles. The van der Waals surface area contributed by atoms with Crippen molar-refractivity contribution in [1.82, 2.24) is 15.0 Å². The van der Waals surface area contributed by atoms with Crippen molar-refractivity contribution >= 4 is 11.6 Å². The number of aromatic nitrogens is 1. The number of para-hydroxylation sites is 1. The molecule has 128 valence electrons. The fourth-order valence-corrected chi connectivity index (χ4v) is 2.91. The zero-order chi connectivity index (χ0) is 16.9. The Morgan fingerprint density at radius 2 is 1.83 bits per heavy atom. The van der Waals surface area contributed by atoms with E-state index in [0.717, 1.165) is 49.9 Å². The molecule has 0 saturated carbocycles. The molecule has 6 heteroatoms. The molecule has 3 rings (SSSR count). The minimum atomic E-state index is 0.125. The number of hydrogen-bond donors (Lipinski definition) is 0. The predicted molar refractivity (Wildman–Crippen MR) is 92.8 cm³/mol. The first-order valence-corrected chi connectivity index (χ1v) is 8.30. The van der Waals surface area contributed by atoms with Gasteiger partial charge in [0, 0.05) is 45.0 Å². The molecule has 0 atom stereocenters. The smallest absolute Gasteiger partial charge is 0.240 e. The molecular weight excluding hydrogens is 304 g/mol. The van der Waals surface area contributed by atoms with Crippen molar-refractivity contribution < 1.29 is 9.32 Å². The molecule has 0 unspecified atom stereocenters. The predicted octanol–water partition coefficient (Wildman–Crippen LogP) is 1.76. The van der Waals surface area contributed by atoms with Gasteiger partial charge < -0.3 is 9.42 Å². The van der Waals surface area contributed by atoms with Gasteiger partial charge in [-0.1, -0.05) is 23.4 Å². The molecule has 0 radical (unpaired) electrons. The Balaban J connectivity index is 1.46. The standard InChI is InChI=1S/C18H24N4O2/c1-15-12-17(24-19-15)13-21-8-10-22(11-9-21)14-18(23)20(2)16-6-4-3-5-7-16/h3-7,12H,8-11,13-14H2,1-2H3. The fraction of sp³-hybridized carbons (Fsp3) is 0.444. The monoisotopic (exact) mass is 328 g/mol. The third-order valence-electron chi connectivity index (χ3n) is 4.40. The van der Waals surface area contributed by atoms with Crippen LogP contribution in [0.2, 0.25) is 0 Å². The van der Waals surface area contributed by atoms with E-state index < -0.39 is 0 Å². The lowest BCUT2D eigenvalue weighted by molar-refractivity contribution is -0.119. The van der Waals surface area contributed by atoms with Crippen LogP contribution in [-0.4, -0.2) is 60.6 Å². The van der Waals surface area contributed by atoms with Gasteiger partial charge in [0.25, 0.3) is 0 Å². The van der Waals surface area contributed by atoms with Crippen molar-refractivity contribution in [2.75, 3.05) is 44.7 Å². The Morgan fingerprint density at radius 3 is 2.46 bits per heavy atom. The van der Waals surface area contributed by atoms with E-state index in [0.29, 0.717) is 6.54 Å². The van der Waals surface area contributed by atoms with E-state index in [1.807, 2.05) is 50.4 Å². The highest BCUT2D eigenvalue weighted by atomic mass is 16.5. The van der Waals surface area contributed by atoms with E-state index in [1.165, 1.54) is 0 Å². The van der Waals surface area contributed by atoms with Gasteiger partial charge >= 0.3 is 0 Å². The summed E-state index contributed by atoms with van der Waals surface area (Å²) in [5, 5.41) is 3.92. The second kappa shape index (κ2) is 7.59. The summed E-state index contributed by atoms with van der Waals surface area (Å²) in [6, 6.07) is 11.7. The topological polar surface area (TPSA) is 52.8 Å². The summed E-state index contributed by atoms with van der Waals surface area (Å²) in [5.74, 6) is 1.03. The maximum absolute atomic E-state index is 12.4. The molecule has 1 aliphatic heterocycles. The number of nitrogens with zero attached hydrogens (tertiary/aromatic N) is 4. The molecule has 1 amide bonds. The van der Waals surface area contributed by atoms with Crippen LogP contribution in [0.1, 0.15) is 11.5 Å². The van der Waals surface area contributed by atoms with Gasteiger partial charge in [0.1, 0.15) is 0 Å². The summed E-state index contributed by atoms with van der Waals surface area (Å²) in [6.45, 7) is 6.82. The maximum Gasteiger partial charge on any atom is 0.240 e. The lowest BCUT2D eigenvalue weighted by atomic mass is 10.2. The highest BCUT2D eigenvalue weighted by Gasteiger charge is 2.21. The molecule has 1 aromatic carbocycles. The van der Waals surface area contributed by atoms with E-state index in [2.05, 4.69) is 15.0 Å². The van der Waals surface area contributed by atoms with Crippen LogP contribution in [0.5, 0.6) is 0 Å². The lowest BCUT2D eigenvalue weighted by Crippen LogP contribution is -2.49. The van der Waals surface area contributed by atoms with Crippen molar-refractivity contribution in [3.63, 3.8) is 0 Å². The molecule has 1 aliphatic rings. The largest absolute Gasteiger partial charge is 0.360 e. The first kappa shape index (κ1) is 16.7.